The molecule has 0 heterocycles. The molecule has 4 heteroatoms. The van der Waals surface area contributed by atoms with Gasteiger partial charge >= 0.3 is 0 Å². The van der Waals surface area contributed by atoms with Crippen molar-refractivity contribution in [1.29, 1.82) is 5.26 Å². The number of hydrogen-bond donors (Lipinski definition) is 1. The molecule has 104 valence electrons. The maximum atomic E-state index is 13.6. The van der Waals surface area contributed by atoms with Gasteiger partial charge < -0.3 is 10.1 Å². The van der Waals surface area contributed by atoms with Crippen LogP contribution in [0.4, 0.5) is 4.39 Å². The van der Waals surface area contributed by atoms with Gasteiger partial charge in [0.05, 0.1) is 18.6 Å². The van der Waals surface area contributed by atoms with Gasteiger partial charge in [-0.25, -0.2) is 4.39 Å². The van der Waals surface area contributed by atoms with E-state index in [1.54, 1.807) is 6.07 Å². The van der Waals surface area contributed by atoms with E-state index in [2.05, 4.69) is 11.4 Å². The monoisotopic (exact) mass is 264 g/mol. The van der Waals surface area contributed by atoms with Gasteiger partial charge in [0, 0.05) is 6.54 Å². The summed E-state index contributed by atoms with van der Waals surface area (Å²) < 4.78 is 18.7. The van der Waals surface area contributed by atoms with Gasteiger partial charge in [0.1, 0.15) is 0 Å². The Kier molecular flexibility index (Phi) is 6.91. The fraction of sp³-hybridized carbons (Fsp3) is 0.533. The number of nitrogens with one attached hydrogen (secondary N) is 1. The van der Waals surface area contributed by atoms with E-state index in [9.17, 15) is 4.39 Å². The minimum Gasteiger partial charge on any atom is -0.491 e. The van der Waals surface area contributed by atoms with E-state index in [1.807, 2.05) is 19.9 Å². The first-order valence-electron chi connectivity index (χ1n) is 6.72. The molecule has 0 spiro atoms. The maximum absolute atomic E-state index is 13.6. The minimum atomic E-state index is -0.317. The highest BCUT2D eigenvalue weighted by Crippen LogP contribution is 2.18. The quantitative estimate of drug-likeness (QED) is 0.734. The van der Waals surface area contributed by atoms with Gasteiger partial charge in [0.2, 0.25) is 0 Å². The lowest BCUT2D eigenvalue weighted by atomic mass is 10.1. The number of ether oxygens (including phenoxy) is 1. The van der Waals surface area contributed by atoms with Crippen LogP contribution in [0, 0.1) is 23.1 Å². The molecule has 1 unspecified atom stereocenters. The molecule has 1 atom stereocenters. The molecule has 19 heavy (non-hydrogen) atoms. The third-order valence-electron chi connectivity index (χ3n) is 2.95. The first-order chi connectivity index (χ1) is 9.21. The van der Waals surface area contributed by atoms with Crippen LogP contribution in [0.2, 0.25) is 0 Å². The van der Waals surface area contributed by atoms with Crippen LogP contribution in [0.15, 0.2) is 18.2 Å². The van der Waals surface area contributed by atoms with Crippen LogP contribution in [0.1, 0.15) is 25.8 Å². The molecule has 0 aliphatic heterocycles. The number of hydrogen-bond acceptors (Lipinski definition) is 3. The highest BCUT2D eigenvalue weighted by molar-refractivity contribution is 5.29. The first kappa shape index (κ1) is 15.5. The molecule has 0 radical (unpaired) electrons. The van der Waals surface area contributed by atoms with Crippen molar-refractivity contribution in [2.24, 2.45) is 5.92 Å². The van der Waals surface area contributed by atoms with E-state index in [0.29, 0.717) is 18.9 Å². The zero-order chi connectivity index (χ0) is 14.1. The van der Waals surface area contributed by atoms with E-state index in [0.717, 1.165) is 24.9 Å². The van der Waals surface area contributed by atoms with Gasteiger partial charge in [-0.15, -0.1) is 0 Å². The molecule has 1 aromatic carbocycles. The fourth-order valence-electron chi connectivity index (χ4n) is 1.76. The normalized spacial score (nSPS) is 11.9. The molecule has 3 nitrogen and oxygen atoms in total. The predicted molar refractivity (Wildman–Crippen MR) is 73.5 cm³/mol. The maximum Gasteiger partial charge on any atom is 0.165 e. The van der Waals surface area contributed by atoms with Crippen molar-refractivity contribution in [2.45, 2.75) is 26.7 Å². The first-order valence-corrected chi connectivity index (χ1v) is 6.72. The summed E-state index contributed by atoms with van der Waals surface area (Å²) in [6, 6.07) is 7.29. The van der Waals surface area contributed by atoms with Gasteiger partial charge in [-0.05, 0) is 44.0 Å². The molecular formula is C15H21FN2O. The molecule has 0 aliphatic carbocycles. The third-order valence-corrected chi connectivity index (χ3v) is 2.95. The topological polar surface area (TPSA) is 45.0 Å². The smallest absolute Gasteiger partial charge is 0.165 e. The molecule has 1 rings (SSSR count). The Labute approximate surface area is 114 Å². The summed E-state index contributed by atoms with van der Waals surface area (Å²) in [7, 11) is 0. The van der Waals surface area contributed by atoms with Gasteiger partial charge in [0.15, 0.2) is 11.6 Å². The zero-order valence-corrected chi connectivity index (χ0v) is 11.6. The van der Waals surface area contributed by atoms with E-state index >= 15 is 0 Å². The summed E-state index contributed by atoms with van der Waals surface area (Å²) in [5, 5.41) is 12.0. The second-order valence-electron chi connectivity index (χ2n) is 4.39. The van der Waals surface area contributed by atoms with Crippen molar-refractivity contribution in [3.05, 3.63) is 29.6 Å². The van der Waals surface area contributed by atoms with Crippen molar-refractivity contribution < 1.29 is 9.13 Å². The number of nitrogens with zero attached hydrogens (tertiary/aromatic N) is 1. The Morgan fingerprint density at radius 1 is 1.42 bits per heavy atom. The van der Waals surface area contributed by atoms with Crippen LogP contribution in [-0.2, 0) is 6.42 Å². The Hall–Kier alpha value is -1.60. The van der Waals surface area contributed by atoms with E-state index in [-0.39, 0.29) is 11.7 Å². The van der Waals surface area contributed by atoms with Crippen molar-refractivity contribution in [3.63, 3.8) is 0 Å². The predicted octanol–water partition coefficient (Wildman–Crippen LogP) is 2.91. The third kappa shape index (κ3) is 5.27. The molecular weight excluding hydrogens is 243 g/mol. The summed E-state index contributed by atoms with van der Waals surface area (Å²) >= 11 is 0. The van der Waals surface area contributed by atoms with Gasteiger partial charge in [0.25, 0.3) is 0 Å². The Bertz CT molecular complexity index is 429. The van der Waals surface area contributed by atoms with Crippen molar-refractivity contribution >= 4 is 0 Å². The number of nitriles is 1. The summed E-state index contributed by atoms with van der Waals surface area (Å²) in [5.74, 6) is 0.0367. The average Bonchev–Trinajstić information content (AvgIpc) is 2.42. The van der Waals surface area contributed by atoms with Gasteiger partial charge in [-0.2, -0.15) is 5.26 Å². The average molecular weight is 264 g/mol. The summed E-state index contributed by atoms with van der Waals surface area (Å²) in [5.41, 5.74) is 0.929. The fourth-order valence-corrected chi connectivity index (χ4v) is 1.76. The molecule has 0 aromatic heterocycles. The van der Waals surface area contributed by atoms with Crippen LogP contribution in [0.3, 0.4) is 0 Å². The van der Waals surface area contributed by atoms with Crippen LogP contribution in [0.5, 0.6) is 5.75 Å². The lowest BCUT2D eigenvalue weighted by molar-refractivity contribution is 0.321. The van der Waals surface area contributed by atoms with Crippen LogP contribution in [-0.4, -0.2) is 19.7 Å². The number of halogens is 1. The number of rotatable bonds is 8. The Morgan fingerprint density at radius 3 is 2.79 bits per heavy atom. The molecule has 0 fully saturated rings. The Balaban J connectivity index is 2.38. The second kappa shape index (κ2) is 8.49. The molecule has 0 amide bonds. The highest BCUT2D eigenvalue weighted by Gasteiger charge is 2.05. The minimum absolute atomic E-state index is 0.0528. The summed E-state index contributed by atoms with van der Waals surface area (Å²) in [6.07, 6.45) is 1.59. The van der Waals surface area contributed by atoms with Crippen molar-refractivity contribution in [2.75, 3.05) is 19.7 Å². The van der Waals surface area contributed by atoms with Crippen LogP contribution in [0.25, 0.3) is 0 Å². The van der Waals surface area contributed by atoms with Gasteiger partial charge in [-0.3, -0.25) is 0 Å². The van der Waals surface area contributed by atoms with Crippen molar-refractivity contribution in [3.8, 4) is 11.8 Å². The van der Waals surface area contributed by atoms with Crippen LogP contribution < -0.4 is 10.1 Å². The van der Waals surface area contributed by atoms with Crippen LogP contribution >= 0.6 is 0 Å². The summed E-state index contributed by atoms with van der Waals surface area (Å²) in [6.45, 7) is 5.72. The van der Waals surface area contributed by atoms with Crippen molar-refractivity contribution in [1.82, 2.24) is 5.32 Å². The SMILES string of the molecule is CCOc1ccc(CCNCC(C#N)CC)cc1F. The summed E-state index contributed by atoms with van der Waals surface area (Å²) in [4.78, 5) is 0. The zero-order valence-electron chi connectivity index (χ0n) is 11.6. The highest BCUT2D eigenvalue weighted by atomic mass is 19.1. The van der Waals surface area contributed by atoms with E-state index in [4.69, 9.17) is 10.00 Å². The van der Waals surface area contributed by atoms with Gasteiger partial charge in [-0.1, -0.05) is 13.0 Å². The molecule has 1 aromatic rings. The lowest BCUT2D eigenvalue weighted by Gasteiger charge is -2.09. The second-order valence-corrected chi connectivity index (χ2v) is 4.39. The number of benzene rings is 1. The molecule has 0 saturated carbocycles. The Morgan fingerprint density at radius 2 is 2.21 bits per heavy atom. The molecule has 0 bridgehead atoms. The molecule has 1 N–H and O–H groups in total. The van der Waals surface area contributed by atoms with E-state index < -0.39 is 0 Å². The molecule has 0 saturated heterocycles. The largest absolute Gasteiger partial charge is 0.491 e. The van der Waals surface area contributed by atoms with E-state index in [1.165, 1.54) is 6.07 Å². The molecule has 0 aliphatic rings. The lowest BCUT2D eigenvalue weighted by Crippen LogP contribution is -2.23. The standard InChI is InChI=1S/C15H21FN2O/c1-3-12(10-17)11-18-8-7-13-5-6-15(19-4-2)14(16)9-13/h5-6,9,12,18H,3-4,7-8,11H2,1-2H3.